The number of hydrogen-bond donors (Lipinski definition) is 1. The third-order valence-electron chi connectivity index (χ3n) is 6.31. The molecule has 1 atom stereocenters. The Morgan fingerprint density at radius 2 is 1.29 bits per heavy atom. The lowest BCUT2D eigenvalue weighted by Gasteiger charge is -2.19. The van der Waals surface area contributed by atoms with Crippen LogP contribution in [0, 0.1) is 5.92 Å². The number of hydrogen-bond acceptors (Lipinski definition) is 2. The maximum atomic E-state index is 12.6. The number of ketones is 1. The van der Waals surface area contributed by atoms with Crippen molar-refractivity contribution >= 4 is 23.6 Å². The number of carbonyl (C=O) groups excluding carboxylic acids is 1. The van der Waals surface area contributed by atoms with E-state index in [0.717, 1.165) is 39.9 Å². The molecule has 2 nitrogen and oxygen atoms in total. The molecule has 0 heterocycles. The van der Waals surface area contributed by atoms with Gasteiger partial charge < -0.3 is 5.73 Å². The van der Waals surface area contributed by atoms with Crippen molar-refractivity contribution in [1.29, 1.82) is 0 Å². The molecule has 4 aromatic carbocycles. The molecule has 1 unspecified atom stereocenters. The molecule has 0 aromatic heterocycles. The van der Waals surface area contributed by atoms with Crippen LogP contribution in [0.2, 0.25) is 0 Å². The van der Waals surface area contributed by atoms with E-state index >= 15 is 0 Å². The summed E-state index contributed by atoms with van der Waals surface area (Å²) in [7, 11) is 0. The summed E-state index contributed by atoms with van der Waals surface area (Å²) in [5.41, 5.74) is 14.5. The molecule has 0 radical (unpaired) electrons. The van der Waals surface area contributed by atoms with Gasteiger partial charge in [-0.3, -0.25) is 4.79 Å². The van der Waals surface area contributed by atoms with Gasteiger partial charge in [-0.2, -0.15) is 0 Å². The van der Waals surface area contributed by atoms with E-state index in [1.165, 1.54) is 11.1 Å². The Kier molecular flexibility index (Phi) is 7.62. The number of rotatable bonds is 8. The zero-order chi connectivity index (χ0) is 24.8. The van der Waals surface area contributed by atoms with Crippen molar-refractivity contribution in [2.45, 2.75) is 33.1 Å². The normalized spacial score (nSPS) is 12.2. The van der Waals surface area contributed by atoms with Crippen LogP contribution in [-0.2, 0) is 4.79 Å². The Labute approximate surface area is 209 Å². The Hall–Kier alpha value is -3.91. The first-order valence-electron chi connectivity index (χ1n) is 12.2. The number of nitrogens with two attached hydrogens (primary N) is 1. The van der Waals surface area contributed by atoms with Crippen molar-refractivity contribution < 1.29 is 4.79 Å². The van der Waals surface area contributed by atoms with Gasteiger partial charge in [-0.15, -0.1) is 0 Å². The summed E-state index contributed by atoms with van der Waals surface area (Å²) in [6.07, 6.45) is 5.10. The summed E-state index contributed by atoms with van der Waals surface area (Å²) in [6, 6.07) is 33.4. The molecule has 0 aliphatic carbocycles. The van der Waals surface area contributed by atoms with Crippen molar-refractivity contribution in [1.82, 2.24) is 0 Å². The van der Waals surface area contributed by atoms with Crippen LogP contribution < -0.4 is 5.73 Å². The molecule has 0 bridgehead atoms. The average molecular weight is 460 g/mol. The molecule has 0 spiro atoms. The number of nitrogen functional groups attached to an aromatic ring is 1. The van der Waals surface area contributed by atoms with Crippen molar-refractivity contribution in [3.8, 4) is 22.3 Å². The van der Waals surface area contributed by atoms with Crippen molar-refractivity contribution in [3.63, 3.8) is 0 Å². The summed E-state index contributed by atoms with van der Waals surface area (Å²) in [5, 5.41) is 0. The van der Waals surface area contributed by atoms with Gasteiger partial charge in [0.05, 0.1) is 0 Å². The average Bonchev–Trinajstić information content (AvgIpc) is 2.87. The zero-order valence-corrected chi connectivity index (χ0v) is 20.7. The molecule has 35 heavy (non-hydrogen) atoms. The number of Topliss-reactive ketones (excluding diaryl/α,β-unsaturated/α-hetero) is 1. The van der Waals surface area contributed by atoms with Crippen molar-refractivity contribution in [3.05, 3.63) is 114 Å². The van der Waals surface area contributed by atoms with Crippen LogP contribution in [0.1, 0.15) is 49.8 Å². The minimum absolute atomic E-state index is 0.110. The predicted octanol–water partition coefficient (Wildman–Crippen LogP) is 8.49. The summed E-state index contributed by atoms with van der Waals surface area (Å²) >= 11 is 0. The standard InChI is InChI=1S/C33H33NO/c1-23(2)19-33(24(3)35)31-21-26(20-30(22-31)29-15-17-32(34)18-16-29)10-9-25-11-13-28(14-12-25)27-7-5-4-6-8-27/h4-18,20-23,33H,19,34H2,1-3H3/b10-9+. The van der Waals surface area contributed by atoms with Gasteiger partial charge in [-0.05, 0) is 76.4 Å². The lowest BCUT2D eigenvalue weighted by atomic mass is 9.85. The quantitative estimate of drug-likeness (QED) is 0.212. The van der Waals surface area contributed by atoms with Gasteiger partial charge >= 0.3 is 0 Å². The van der Waals surface area contributed by atoms with E-state index in [1.807, 2.05) is 30.3 Å². The molecule has 4 aromatic rings. The minimum Gasteiger partial charge on any atom is -0.399 e. The summed E-state index contributed by atoms with van der Waals surface area (Å²) in [6.45, 7) is 6.03. The summed E-state index contributed by atoms with van der Waals surface area (Å²) in [4.78, 5) is 12.6. The second-order valence-electron chi connectivity index (χ2n) is 9.62. The van der Waals surface area contributed by atoms with Crippen molar-refractivity contribution in [2.75, 3.05) is 5.73 Å². The molecule has 0 saturated carbocycles. The number of benzene rings is 4. The molecular weight excluding hydrogens is 426 g/mol. The number of carbonyl (C=O) groups is 1. The van der Waals surface area contributed by atoms with Crippen LogP contribution in [0.3, 0.4) is 0 Å². The second kappa shape index (κ2) is 11.0. The lowest BCUT2D eigenvalue weighted by Crippen LogP contribution is -2.12. The van der Waals surface area contributed by atoms with E-state index in [4.69, 9.17) is 5.73 Å². The van der Waals surface area contributed by atoms with Gasteiger partial charge in [0.15, 0.2) is 0 Å². The van der Waals surface area contributed by atoms with Crippen LogP contribution in [0.25, 0.3) is 34.4 Å². The van der Waals surface area contributed by atoms with Gasteiger partial charge in [-0.1, -0.05) is 105 Å². The van der Waals surface area contributed by atoms with E-state index in [-0.39, 0.29) is 11.7 Å². The highest BCUT2D eigenvalue weighted by atomic mass is 16.1. The molecule has 2 heteroatoms. The van der Waals surface area contributed by atoms with Gasteiger partial charge in [0.1, 0.15) is 5.78 Å². The SMILES string of the molecule is CC(=O)C(CC(C)C)c1cc(/C=C/c2ccc(-c3ccccc3)cc2)cc(-c2ccc(N)cc2)c1. The molecule has 0 amide bonds. The summed E-state index contributed by atoms with van der Waals surface area (Å²) in [5.74, 6) is 0.534. The maximum Gasteiger partial charge on any atom is 0.137 e. The van der Waals surface area contributed by atoms with Gasteiger partial charge in [0.25, 0.3) is 0 Å². The van der Waals surface area contributed by atoms with Gasteiger partial charge in [0.2, 0.25) is 0 Å². The smallest absolute Gasteiger partial charge is 0.137 e. The predicted molar refractivity (Wildman–Crippen MR) is 150 cm³/mol. The first-order valence-corrected chi connectivity index (χ1v) is 12.2. The molecular formula is C33H33NO. The largest absolute Gasteiger partial charge is 0.399 e. The highest BCUT2D eigenvalue weighted by molar-refractivity contribution is 5.85. The first kappa shape index (κ1) is 24.2. The van der Waals surface area contributed by atoms with Crippen LogP contribution in [0.5, 0.6) is 0 Å². The third-order valence-corrected chi connectivity index (χ3v) is 6.31. The highest BCUT2D eigenvalue weighted by Crippen LogP contribution is 2.31. The second-order valence-corrected chi connectivity index (χ2v) is 9.62. The molecule has 0 saturated heterocycles. The fourth-order valence-electron chi connectivity index (χ4n) is 4.43. The highest BCUT2D eigenvalue weighted by Gasteiger charge is 2.19. The first-order chi connectivity index (χ1) is 16.9. The van der Waals surface area contributed by atoms with Crippen LogP contribution in [0.15, 0.2) is 97.1 Å². The Morgan fingerprint density at radius 1 is 0.714 bits per heavy atom. The van der Waals surface area contributed by atoms with Crippen LogP contribution in [0.4, 0.5) is 5.69 Å². The van der Waals surface area contributed by atoms with E-state index in [0.29, 0.717) is 5.92 Å². The van der Waals surface area contributed by atoms with Crippen LogP contribution in [-0.4, -0.2) is 5.78 Å². The van der Waals surface area contributed by atoms with E-state index < -0.39 is 0 Å². The topological polar surface area (TPSA) is 43.1 Å². The Bertz CT molecular complexity index is 1300. The molecule has 0 aliphatic heterocycles. The van der Waals surface area contributed by atoms with Crippen LogP contribution >= 0.6 is 0 Å². The van der Waals surface area contributed by atoms with E-state index in [2.05, 4.69) is 92.7 Å². The summed E-state index contributed by atoms with van der Waals surface area (Å²) < 4.78 is 0. The van der Waals surface area contributed by atoms with E-state index in [9.17, 15) is 4.79 Å². The fraction of sp³-hybridized carbons (Fsp3) is 0.182. The minimum atomic E-state index is -0.110. The number of anilines is 1. The molecule has 2 N–H and O–H groups in total. The Balaban J connectivity index is 1.68. The van der Waals surface area contributed by atoms with Gasteiger partial charge in [-0.25, -0.2) is 0 Å². The van der Waals surface area contributed by atoms with Gasteiger partial charge in [0, 0.05) is 11.6 Å². The van der Waals surface area contributed by atoms with Crippen molar-refractivity contribution in [2.24, 2.45) is 5.92 Å². The third kappa shape index (κ3) is 6.36. The Morgan fingerprint density at radius 3 is 1.91 bits per heavy atom. The zero-order valence-electron chi connectivity index (χ0n) is 20.7. The molecule has 0 fully saturated rings. The maximum absolute atomic E-state index is 12.6. The molecule has 4 rings (SSSR count). The monoisotopic (exact) mass is 459 g/mol. The molecule has 0 aliphatic rings. The van der Waals surface area contributed by atoms with E-state index in [1.54, 1.807) is 6.92 Å². The fourth-order valence-corrected chi connectivity index (χ4v) is 4.43. The molecule has 176 valence electrons. The lowest BCUT2D eigenvalue weighted by molar-refractivity contribution is -0.118.